The minimum absolute atomic E-state index is 0.274. The molecule has 0 radical (unpaired) electrons. The van der Waals surface area contributed by atoms with Gasteiger partial charge in [-0.2, -0.15) is 0 Å². The van der Waals surface area contributed by atoms with Crippen molar-refractivity contribution >= 4 is 15.7 Å². The molecule has 1 heterocycles. The van der Waals surface area contributed by atoms with E-state index in [0.717, 1.165) is 16.7 Å². The summed E-state index contributed by atoms with van der Waals surface area (Å²) in [5.74, 6) is 0. The molecule has 6 heteroatoms. The van der Waals surface area contributed by atoms with E-state index < -0.39 is 10.0 Å². The van der Waals surface area contributed by atoms with Crippen LogP contribution in [0.15, 0.2) is 41.6 Å². The van der Waals surface area contributed by atoms with E-state index in [-0.39, 0.29) is 4.90 Å². The molecule has 2 aromatic rings. The Labute approximate surface area is 125 Å². The zero-order valence-electron chi connectivity index (χ0n) is 12.1. The highest BCUT2D eigenvalue weighted by atomic mass is 32.2. The quantitative estimate of drug-likeness (QED) is 0.887. The SMILES string of the molecule is CCc1ccc(CN)cc1S(=O)(=O)Nc1cnccc1C. The maximum absolute atomic E-state index is 12.6. The third kappa shape index (κ3) is 3.40. The second-order valence-electron chi connectivity index (χ2n) is 4.80. The number of benzene rings is 1. The van der Waals surface area contributed by atoms with E-state index in [2.05, 4.69) is 9.71 Å². The average Bonchev–Trinajstić information content (AvgIpc) is 2.48. The molecule has 2 rings (SSSR count). The van der Waals surface area contributed by atoms with Crippen LogP contribution >= 0.6 is 0 Å². The minimum Gasteiger partial charge on any atom is -0.326 e. The Kier molecular flexibility index (Phi) is 4.59. The molecular formula is C15H19N3O2S. The topological polar surface area (TPSA) is 85.1 Å². The van der Waals surface area contributed by atoms with Gasteiger partial charge in [0.1, 0.15) is 0 Å². The number of rotatable bonds is 5. The molecule has 0 saturated carbocycles. The fourth-order valence-corrected chi connectivity index (χ4v) is 3.52. The van der Waals surface area contributed by atoms with Crippen LogP contribution in [0.4, 0.5) is 5.69 Å². The second-order valence-corrected chi connectivity index (χ2v) is 6.45. The molecule has 0 bridgehead atoms. The van der Waals surface area contributed by atoms with E-state index in [1.54, 1.807) is 18.3 Å². The lowest BCUT2D eigenvalue weighted by Gasteiger charge is -2.13. The molecule has 1 aromatic heterocycles. The average molecular weight is 305 g/mol. The molecule has 0 aliphatic carbocycles. The summed E-state index contributed by atoms with van der Waals surface area (Å²) in [7, 11) is -3.66. The van der Waals surface area contributed by atoms with Crippen LogP contribution in [-0.2, 0) is 23.0 Å². The van der Waals surface area contributed by atoms with Crippen LogP contribution in [0.5, 0.6) is 0 Å². The van der Waals surface area contributed by atoms with Crippen LogP contribution in [0.2, 0.25) is 0 Å². The van der Waals surface area contributed by atoms with E-state index in [0.29, 0.717) is 18.7 Å². The molecule has 0 atom stereocenters. The van der Waals surface area contributed by atoms with Gasteiger partial charge in [-0.25, -0.2) is 8.42 Å². The summed E-state index contributed by atoms with van der Waals surface area (Å²) < 4.78 is 27.8. The molecule has 112 valence electrons. The minimum atomic E-state index is -3.66. The normalized spacial score (nSPS) is 11.4. The van der Waals surface area contributed by atoms with E-state index in [4.69, 9.17) is 5.73 Å². The first-order valence-corrected chi connectivity index (χ1v) is 8.21. The summed E-state index contributed by atoms with van der Waals surface area (Å²) in [6, 6.07) is 7.06. The number of sulfonamides is 1. The van der Waals surface area contributed by atoms with E-state index >= 15 is 0 Å². The van der Waals surface area contributed by atoms with Gasteiger partial charge in [0.15, 0.2) is 0 Å². The highest BCUT2D eigenvalue weighted by Gasteiger charge is 2.19. The van der Waals surface area contributed by atoms with E-state index in [1.165, 1.54) is 6.20 Å². The summed E-state index contributed by atoms with van der Waals surface area (Å²) in [4.78, 5) is 4.23. The summed E-state index contributed by atoms with van der Waals surface area (Å²) in [6.45, 7) is 4.06. The molecule has 5 nitrogen and oxygen atoms in total. The lowest BCUT2D eigenvalue weighted by Crippen LogP contribution is -2.16. The number of nitrogens with two attached hydrogens (primary N) is 1. The first-order chi connectivity index (χ1) is 9.97. The lowest BCUT2D eigenvalue weighted by molar-refractivity contribution is 0.600. The van der Waals surface area contributed by atoms with Gasteiger partial charge in [-0.05, 0) is 42.2 Å². The van der Waals surface area contributed by atoms with Gasteiger partial charge in [-0.3, -0.25) is 9.71 Å². The van der Waals surface area contributed by atoms with Gasteiger partial charge in [0.2, 0.25) is 0 Å². The first kappa shape index (κ1) is 15.5. The van der Waals surface area contributed by atoms with Gasteiger partial charge in [0.05, 0.1) is 16.8 Å². The van der Waals surface area contributed by atoms with Crippen molar-refractivity contribution in [2.75, 3.05) is 4.72 Å². The largest absolute Gasteiger partial charge is 0.326 e. The molecular weight excluding hydrogens is 286 g/mol. The molecule has 0 saturated heterocycles. The fraction of sp³-hybridized carbons (Fsp3) is 0.267. The second kappa shape index (κ2) is 6.24. The lowest BCUT2D eigenvalue weighted by atomic mass is 10.1. The summed E-state index contributed by atoms with van der Waals surface area (Å²) >= 11 is 0. The highest BCUT2D eigenvalue weighted by Crippen LogP contribution is 2.23. The summed E-state index contributed by atoms with van der Waals surface area (Å²) in [6.07, 6.45) is 3.76. The molecule has 21 heavy (non-hydrogen) atoms. The first-order valence-electron chi connectivity index (χ1n) is 6.73. The Balaban J connectivity index is 2.46. The van der Waals surface area contributed by atoms with Crippen molar-refractivity contribution in [2.24, 2.45) is 5.73 Å². The van der Waals surface area contributed by atoms with Crippen molar-refractivity contribution < 1.29 is 8.42 Å². The predicted molar refractivity (Wildman–Crippen MR) is 83.5 cm³/mol. The smallest absolute Gasteiger partial charge is 0.262 e. The number of hydrogen-bond donors (Lipinski definition) is 2. The van der Waals surface area contributed by atoms with Crippen molar-refractivity contribution in [3.05, 3.63) is 53.3 Å². The van der Waals surface area contributed by atoms with Gasteiger partial charge in [0.25, 0.3) is 10.0 Å². The number of anilines is 1. The maximum Gasteiger partial charge on any atom is 0.262 e. The number of aryl methyl sites for hydroxylation is 2. The van der Waals surface area contributed by atoms with Gasteiger partial charge >= 0.3 is 0 Å². The number of hydrogen-bond acceptors (Lipinski definition) is 4. The molecule has 0 unspecified atom stereocenters. The molecule has 0 spiro atoms. The van der Waals surface area contributed by atoms with Gasteiger partial charge in [-0.1, -0.05) is 19.1 Å². The highest BCUT2D eigenvalue weighted by molar-refractivity contribution is 7.92. The van der Waals surface area contributed by atoms with Crippen LogP contribution in [0.3, 0.4) is 0 Å². The van der Waals surface area contributed by atoms with Crippen molar-refractivity contribution in [3.63, 3.8) is 0 Å². The Morgan fingerprint density at radius 2 is 2.05 bits per heavy atom. The summed E-state index contributed by atoms with van der Waals surface area (Å²) in [5, 5.41) is 0. The van der Waals surface area contributed by atoms with Gasteiger partial charge in [-0.15, -0.1) is 0 Å². The van der Waals surface area contributed by atoms with Crippen molar-refractivity contribution in [2.45, 2.75) is 31.7 Å². The molecule has 0 aliphatic heterocycles. The molecule has 0 fully saturated rings. The predicted octanol–water partition coefficient (Wildman–Crippen LogP) is 2.21. The zero-order chi connectivity index (χ0) is 15.5. The van der Waals surface area contributed by atoms with Crippen molar-refractivity contribution in [1.82, 2.24) is 4.98 Å². The molecule has 0 aliphatic rings. The number of pyridine rings is 1. The van der Waals surface area contributed by atoms with Crippen LogP contribution in [-0.4, -0.2) is 13.4 Å². The van der Waals surface area contributed by atoms with Crippen LogP contribution in [0.25, 0.3) is 0 Å². The standard InChI is InChI=1S/C15H19N3O2S/c1-3-13-5-4-12(9-16)8-15(13)21(19,20)18-14-10-17-7-6-11(14)2/h4-8,10,18H,3,9,16H2,1-2H3. The van der Waals surface area contributed by atoms with Crippen molar-refractivity contribution in [1.29, 1.82) is 0 Å². The number of nitrogens with one attached hydrogen (secondary N) is 1. The van der Waals surface area contributed by atoms with E-state index in [9.17, 15) is 8.42 Å². The van der Waals surface area contributed by atoms with Gasteiger partial charge < -0.3 is 5.73 Å². The third-order valence-electron chi connectivity index (χ3n) is 3.32. The Morgan fingerprint density at radius 3 is 2.67 bits per heavy atom. The Hall–Kier alpha value is -1.92. The van der Waals surface area contributed by atoms with Crippen LogP contribution < -0.4 is 10.5 Å². The number of nitrogens with zero attached hydrogens (tertiary/aromatic N) is 1. The Bertz CT molecular complexity index is 742. The van der Waals surface area contributed by atoms with E-state index in [1.807, 2.05) is 26.0 Å². The van der Waals surface area contributed by atoms with Crippen molar-refractivity contribution in [3.8, 4) is 0 Å². The third-order valence-corrected chi connectivity index (χ3v) is 4.77. The van der Waals surface area contributed by atoms with Crippen LogP contribution in [0, 0.1) is 6.92 Å². The summed E-state index contributed by atoms with van der Waals surface area (Å²) in [5.41, 5.74) is 8.46. The van der Waals surface area contributed by atoms with Gasteiger partial charge in [0, 0.05) is 12.7 Å². The van der Waals surface area contributed by atoms with Crippen LogP contribution in [0.1, 0.15) is 23.6 Å². The molecule has 1 aromatic carbocycles. The fourth-order valence-electron chi connectivity index (χ4n) is 2.04. The maximum atomic E-state index is 12.6. The zero-order valence-corrected chi connectivity index (χ0v) is 12.9. The molecule has 0 amide bonds. The Morgan fingerprint density at radius 1 is 1.29 bits per heavy atom. The number of aromatic nitrogens is 1. The monoisotopic (exact) mass is 305 g/mol. The molecule has 3 N–H and O–H groups in total.